The van der Waals surface area contributed by atoms with Gasteiger partial charge in [-0.15, -0.1) is 12.8 Å². The van der Waals surface area contributed by atoms with Gasteiger partial charge in [0.05, 0.1) is 0 Å². The maximum absolute atomic E-state index is 4.91. The Kier molecular flexibility index (Phi) is 12.6. The zero-order valence-corrected chi connectivity index (χ0v) is 14.3. The van der Waals surface area contributed by atoms with Crippen molar-refractivity contribution in [3.63, 3.8) is 0 Å². The largest absolute Gasteiger partial charge is 2.00 e. The van der Waals surface area contributed by atoms with Crippen molar-refractivity contribution in [2.75, 3.05) is 27.4 Å². The molecule has 0 saturated heterocycles. The van der Waals surface area contributed by atoms with Gasteiger partial charge in [-0.3, -0.25) is 12.2 Å². The molecule has 2 rings (SSSR count). The summed E-state index contributed by atoms with van der Waals surface area (Å²) in [5.74, 6) is 0. The first kappa shape index (κ1) is 18.8. The molecule has 0 atom stereocenters. The van der Waals surface area contributed by atoms with Gasteiger partial charge in [0, 0.05) is 27.4 Å². The van der Waals surface area contributed by atoms with Gasteiger partial charge in [-0.25, -0.2) is 23.3 Å². The van der Waals surface area contributed by atoms with E-state index in [1.165, 1.54) is 11.1 Å². The van der Waals surface area contributed by atoms with Crippen LogP contribution in [0.5, 0.6) is 0 Å². The summed E-state index contributed by atoms with van der Waals surface area (Å²) >= 11 is 0. The Hall–Kier alpha value is -0.237. The number of hydrogen-bond donors (Lipinski definition) is 0. The van der Waals surface area contributed by atoms with Crippen LogP contribution in [0.15, 0.2) is 35.5 Å². The summed E-state index contributed by atoms with van der Waals surface area (Å²) in [6, 6.07) is 0. The standard InChI is InChI=1S/2C8H11O.Zr/c2*1-9-7-6-8-4-2-3-5-8;/h2*2,4H,3,6-7H2,1H3;/q2*-1;+2. The van der Waals surface area contributed by atoms with Gasteiger partial charge in [0.25, 0.3) is 0 Å². The fraction of sp³-hybridized carbons (Fsp3) is 0.500. The zero-order valence-electron chi connectivity index (χ0n) is 11.9. The minimum Gasteiger partial charge on any atom is -0.384 e. The molecule has 0 saturated carbocycles. The van der Waals surface area contributed by atoms with Crippen LogP contribution in [0.2, 0.25) is 0 Å². The van der Waals surface area contributed by atoms with Crippen molar-refractivity contribution < 1.29 is 35.7 Å². The molecule has 0 fully saturated rings. The molecular weight excluding hydrogens is 315 g/mol. The van der Waals surface area contributed by atoms with E-state index in [4.69, 9.17) is 9.47 Å². The van der Waals surface area contributed by atoms with Crippen LogP contribution >= 0.6 is 0 Å². The van der Waals surface area contributed by atoms with Gasteiger partial charge in [0.15, 0.2) is 0 Å². The van der Waals surface area contributed by atoms with Gasteiger partial charge in [-0.2, -0.15) is 12.2 Å². The molecule has 0 aliphatic heterocycles. The van der Waals surface area contributed by atoms with E-state index in [9.17, 15) is 0 Å². The van der Waals surface area contributed by atoms with Crippen LogP contribution in [0.25, 0.3) is 0 Å². The van der Waals surface area contributed by atoms with E-state index in [2.05, 4.69) is 36.5 Å². The second-order valence-electron chi connectivity index (χ2n) is 4.10. The Labute approximate surface area is 136 Å². The molecule has 0 radical (unpaired) electrons. The molecule has 0 spiro atoms. The van der Waals surface area contributed by atoms with Crippen molar-refractivity contribution in [1.29, 1.82) is 0 Å². The van der Waals surface area contributed by atoms with Crippen molar-refractivity contribution in [3.05, 3.63) is 47.6 Å². The Balaban J connectivity index is 0.000000324. The van der Waals surface area contributed by atoms with Crippen LogP contribution in [0.1, 0.15) is 25.7 Å². The molecule has 0 aromatic rings. The quantitative estimate of drug-likeness (QED) is 0.692. The van der Waals surface area contributed by atoms with Crippen molar-refractivity contribution >= 4 is 0 Å². The summed E-state index contributed by atoms with van der Waals surface area (Å²) in [6.07, 6.45) is 18.9. The molecule has 0 unspecified atom stereocenters. The number of hydrogen-bond acceptors (Lipinski definition) is 2. The Morgan fingerprint density at radius 2 is 1.32 bits per heavy atom. The van der Waals surface area contributed by atoms with Crippen molar-refractivity contribution in [1.82, 2.24) is 0 Å². The fourth-order valence-corrected chi connectivity index (χ4v) is 1.67. The average molecular weight is 338 g/mol. The fourth-order valence-electron chi connectivity index (χ4n) is 1.67. The third kappa shape index (κ3) is 9.32. The number of rotatable bonds is 6. The first-order chi connectivity index (χ1) is 8.86. The molecule has 0 heterocycles. The molecule has 0 bridgehead atoms. The van der Waals surface area contributed by atoms with E-state index in [0.717, 1.165) is 38.9 Å². The summed E-state index contributed by atoms with van der Waals surface area (Å²) in [6.45, 7) is 1.62. The van der Waals surface area contributed by atoms with E-state index in [-0.39, 0.29) is 26.2 Å². The van der Waals surface area contributed by atoms with Crippen LogP contribution in [-0.4, -0.2) is 27.4 Å². The molecule has 2 aliphatic rings. The zero-order chi connectivity index (χ0) is 13.1. The normalized spacial score (nSPS) is 15.5. The van der Waals surface area contributed by atoms with Crippen molar-refractivity contribution in [2.24, 2.45) is 0 Å². The van der Waals surface area contributed by atoms with Gasteiger partial charge in [-0.1, -0.05) is 0 Å². The van der Waals surface area contributed by atoms with Gasteiger partial charge >= 0.3 is 26.2 Å². The predicted octanol–water partition coefficient (Wildman–Crippen LogP) is 3.42. The summed E-state index contributed by atoms with van der Waals surface area (Å²) in [4.78, 5) is 0. The second-order valence-corrected chi connectivity index (χ2v) is 4.10. The van der Waals surface area contributed by atoms with Crippen LogP contribution in [0.3, 0.4) is 0 Å². The molecule has 3 heteroatoms. The molecule has 0 aromatic heterocycles. The minimum absolute atomic E-state index is 0. The number of ether oxygens (including phenoxy) is 2. The van der Waals surface area contributed by atoms with E-state index in [1.807, 2.05) is 0 Å². The number of allylic oxidation sites excluding steroid dienone is 6. The molecule has 0 aromatic carbocycles. The Bertz CT molecular complexity index is 307. The third-order valence-corrected chi connectivity index (χ3v) is 2.68. The molecule has 0 amide bonds. The first-order valence-corrected chi connectivity index (χ1v) is 6.37. The summed E-state index contributed by atoms with van der Waals surface area (Å²) in [7, 11) is 3.44. The minimum atomic E-state index is 0. The van der Waals surface area contributed by atoms with E-state index in [0.29, 0.717) is 0 Å². The second kappa shape index (κ2) is 12.8. The monoisotopic (exact) mass is 336 g/mol. The summed E-state index contributed by atoms with van der Waals surface area (Å²) in [5.41, 5.74) is 2.58. The Morgan fingerprint density at radius 3 is 1.58 bits per heavy atom. The third-order valence-electron chi connectivity index (χ3n) is 2.68. The van der Waals surface area contributed by atoms with Gasteiger partial charge < -0.3 is 9.47 Å². The predicted molar refractivity (Wildman–Crippen MR) is 74.0 cm³/mol. The van der Waals surface area contributed by atoms with Gasteiger partial charge in [0.2, 0.25) is 0 Å². The van der Waals surface area contributed by atoms with E-state index in [1.54, 1.807) is 14.2 Å². The molecular formula is C16H22O2Zr. The topological polar surface area (TPSA) is 18.5 Å². The average Bonchev–Trinajstić information content (AvgIpc) is 3.07. The number of methoxy groups -OCH3 is 2. The smallest absolute Gasteiger partial charge is 0.384 e. The SMILES string of the molecule is COCCC1=[C-]CC=C1.COCCC1=[C-]CC=C1.[Zr+2]. The van der Waals surface area contributed by atoms with Crippen LogP contribution in [0, 0.1) is 12.2 Å². The molecule has 0 N–H and O–H groups in total. The van der Waals surface area contributed by atoms with Crippen LogP contribution in [0.4, 0.5) is 0 Å². The van der Waals surface area contributed by atoms with Crippen LogP contribution in [-0.2, 0) is 35.7 Å². The molecule has 19 heavy (non-hydrogen) atoms. The summed E-state index contributed by atoms with van der Waals surface area (Å²) < 4.78 is 9.82. The first-order valence-electron chi connectivity index (χ1n) is 6.37. The molecule has 102 valence electrons. The maximum atomic E-state index is 4.91. The van der Waals surface area contributed by atoms with Crippen LogP contribution < -0.4 is 0 Å². The van der Waals surface area contributed by atoms with Gasteiger partial charge in [0.1, 0.15) is 0 Å². The van der Waals surface area contributed by atoms with Crippen molar-refractivity contribution in [2.45, 2.75) is 25.7 Å². The summed E-state index contributed by atoms with van der Waals surface area (Å²) in [5, 5.41) is 0. The van der Waals surface area contributed by atoms with Crippen molar-refractivity contribution in [3.8, 4) is 0 Å². The molecule has 2 nitrogen and oxygen atoms in total. The maximum Gasteiger partial charge on any atom is 2.00 e. The van der Waals surface area contributed by atoms with Gasteiger partial charge in [-0.05, 0) is 12.8 Å². The molecule has 2 aliphatic carbocycles. The van der Waals surface area contributed by atoms with E-state index < -0.39 is 0 Å². The van der Waals surface area contributed by atoms with E-state index >= 15 is 0 Å². The Morgan fingerprint density at radius 1 is 0.895 bits per heavy atom.